The van der Waals surface area contributed by atoms with Gasteiger partial charge in [0.2, 0.25) is 0 Å². The second kappa shape index (κ2) is 6.23. The van der Waals surface area contributed by atoms with E-state index in [1.807, 2.05) is 19.2 Å². The zero-order valence-corrected chi connectivity index (χ0v) is 14.2. The molecule has 3 heterocycles. The van der Waals surface area contributed by atoms with Crippen molar-refractivity contribution in [2.45, 2.75) is 12.7 Å². The molecule has 0 aliphatic carbocycles. The van der Waals surface area contributed by atoms with E-state index in [4.69, 9.17) is 11.5 Å². The molecule has 0 radical (unpaired) electrons. The first-order valence-corrected chi connectivity index (χ1v) is 8.14. The molecule has 4 N–H and O–H groups in total. The summed E-state index contributed by atoms with van der Waals surface area (Å²) in [4.78, 5) is 10.6. The van der Waals surface area contributed by atoms with E-state index in [2.05, 4.69) is 15.1 Å². The maximum Gasteiger partial charge on any atom is 0.160 e. The Balaban J connectivity index is 1.85. The first kappa shape index (κ1) is 16.2. The number of halogens is 1. The van der Waals surface area contributed by atoms with Gasteiger partial charge in [-0.25, -0.2) is 19.0 Å². The van der Waals surface area contributed by atoms with E-state index >= 15 is 0 Å². The third-order valence-electron chi connectivity index (χ3n) is 4.35. The molecule has 0 saturated heterocycles. The van der Waals surface area contributed by atoms with Crippen molar-refractivity contribution in [3.63, 3.8) is 0 Å². The zero-order valence-electron chi connectivity index (χ0n) is 14.2. The minimum Gasteiger partial charge on any atom is -0.384 e. The number of pyridine rings is 1. The van der Waals surface area contributed by atoms with Crippen molar-refractivity contribution in [1.29, 1.82) is 0 Å². The third-order valence-corrected chi connectivity index (χ3v) is 4.35. The normalized spacial score (nSPS) is 17.3. The summed E-state index contributed by atoms with van der Waals surface area (Å²) in [6.07, 6.45) is 2.95. The number of fused-ring (bicyclic) bond motifs is 1. The summed E-state index contributed by atoms with van der Waals surface area (Å²) in [7, 11) is 1.82. The average molecular weight is 351 g/mol. The van der Waals surface area contributed by atoms with Gasteiger partial charge in [-0.15, -0.1) is 0 Å². The maximum absolute atomic E-state index is 14.1. The number of hydrogen-bond acceptors (Lipinski definition) is 6. The summed E-state index contributed by atoms with van der Waals surface area (Å²) < 4.78 is 15.7. The Labute approximate surface area is 149 Å². The quantitative estimate of drug-likeness (QED) is 0.743. The molecule has 1 aliphatic rings. The van der Waals surface area contributed by atoms with Gasteiger partial charge in [0, 0.05) is 18.8 Å². The van der Waals surface area contributed by atoms with E-state index < -0.39 is 6.17 Å². The summed E-state index contributed by atoms with van der Waals surface area (Å²) in [5, 5.41) is 5.45. The number of nitrogens with zero attached hydrogens (tertiary/aromatic N) is 5. The predicted octanol–water partition coefficient (Wildman–Crippen LogP) is 1.40. The Kier molecular flexibility index (Phi) is 3.89. The summed E-state index contributed by atoms with van der Waals surface area (Å²) in [6, 6.07) is 10.3. The molecular formula is C18H18FN7. The fourth-order valence-corrected chi connectivity index (χ4v) is 2.96. The minimum atomic E-state index is -0.397. The van der Waals surface area contributed by atoms with E-state index in [-0.39, 0.29) is 12.4 Å². The van der Waals surface area contributed by atoms with Crippen molar-refractivity contribution < 1.29 is 4.39 Å². The third kappa shape index (κ3) is 2.70. The van der Waals surface area contributed by atoms with Gasteiger partial charge >= 0.3 is 0 Å². The topological polar surface area (TPSA) is 98.3 Å². The predicted molar refractivity (Wildman–Crippen MR) is 97.6 cm³/mol. The average Bonchev–Trinajstić information content (AvgIpc) is 2.99. The molecule has 1 unspecified atom stereocenters. The minimum absolute atomic E-state index is 0.258. The first-order valence-electron chi connectivity index (χ1n) is 8.14. The lowest BCUT2D eigenvalue weighted by molar-refractivity contribution is 0.425. The largest absolute Gasteiger partial charge is 0.384 e. The van der Waals surface area contributed by atoms with Crippen LogP contribution in [0.1, 0.15) is 11.3 Å². The molecule has 4 rings (SSSR count). The standard InChI is InChI=1S/C18H18FN7/c1-25-15(21)9-14(20)23-18(25)16-12-6-4-8-22-17(12)26(24-16)10-11-5-2-3-7-13(11)19/h2-9,15H,10,20-21H2,1H3. The van der Waals surface area contributed by atoms with Crippen LogP contribution >= 0.6 is 0 Å². The van der Waals surface area contributed by atoms with Gasteiger partial charge in [-0.05, 0) is 24.3 Å². The number of benzene rings is 1. The number of aromatic nitrogens is 3. The van der Waals surface area contributed by atoms with Gasteiger partial charge in [0.1, 0.15) is 23.5 Å². The van der Waals surface area contributed by atoms with Gasteiger partial charge in [-0.1, -0.05) is 18.2 Å². The number of rotatable bonds is 3. The number of aliphatic imine (C=N–C) groups is 1. The van der Waals surface area contributed by atoms with Crippen molar-refractivity contribution >= 4 is 16.9 Å². The van der Waals surface area contributed by atoms with Crippen molar-refractivity contribution in [3.8, 4) is 0 Å². The highest BCUT2D eigenvalue weighted by Crippen LogP contribution is 2.22. The molecule has 0 fully saturated rings. The molecular weight excluding hydrogens is 333 g/mol. The summed E-state index contributed by atoms with van der Waals surface area (Å²) in [5.74, 6) is 0.615. The Morgan fingerprint density at radius 1 is 1.19 bits per heavy atom. The summed E-state index contributed by atoms with van der Waals surface area (Å²) >= 11 is 0. The molecule has 132 valence electrons. The molecule has 0 saturated carbocycles. The molecule has 2 aromatic heterocycles. The van der Waals surface area contributed by atoms with Crippen molar-refractivity contribution in [2.24, 2.45) is 16.5 Å². The second-order valence-electron chi connectivity index (χ2n) is 6.10. The maximum atomic E-state index is 14.1. The van der Waals surface area contributed by atoms with Crippen LogP contribution in [0.3, 0.4) is 0 Å². The van der Waals surface area contributed by atoms with Crippen molar-refractivity contribution in [3.05, 3.63) is 71.6 Å². The van der Waals surface area contributed by atoms with Crippen molar-refractivity contribution in [1.82, 2.24) is 19.7 Å². The highest BCUT2D eigenvalue weighted by Gasteiger charge is 2.25. The van der Waals surface area contributed by atoms with E-state index in [0.29, 0.717) is 28.6 Å². The lowest BCUT2D eigenvalue weighted by Gasteiger charge is -2.28. The van der Waals surface area contributed by atoms with Gasteiger partial charge in [0.25, 0.3) is 0 Å². The van der Waals surface area contributed by atoms with Crippen LogP contribution in [0.4, 0.5) is 4.39 Å². The van der Waals surface area contributed by atoms with Crippen LogP contribution in [0.25, 0.3) is 11.0 Å². The molecule has 1 atom stereocenters. The molecule has 7 nitrogen and oxygen atoms in total. The van der Waals surface area contributed by atoms with Gasteiger partial charge in [0.05, 0.1) is 11.9 Å². The molecule has 0 bridgehead atoms. The molecule has 8 heteroatoms. The zero-order chi connectivity index (χ0) is 18.3. The smallest absolute Gasteiger partial charge is 0.160 e. The van der Waals surface area contributed by atoms with Gasteiger partial charge in [-0.3, -0.25) is 0 Å². The van der Waals surface area contributed by atoms with Crippen LogP contribution in [0.15, 0.2) is 59.5 Å². The van der Waals surface area contributed by atoms with E-state index in [1.165, 1.54) is 6.07 Å². The summed E-state index contributed by atoms with van der Waals surface area (Å²) in [5.41, 5.74) is 13.7. The van der Waals surface area contributed by atoms with Crippen LogP contribution in [-0.2, 0) is 6.54 Å². The molecule has 3 aromatic rings. The molecule has 26 heavy (non-hydrogen) atoms. The fraction of sp³-hybridized carbons (Fsp3) is 0.167. The summed E-state index contributed by atoms with van der Waals surface area (Å²) in [6.45, 7) is 0.258. The van der Waals surface area contributed by atoms with Crippen molar-refractivity contribution in [2.75, 3.05) is 7.05 Å². The lowest BCUT2D eigenvalue weighted by Crippen LogP contribution is -2.45. The second-order valence-corrected chi connectivity index (χ2v) is 6.10. The van der Waals surface area contributed by atoms with Crippen LogP contribution in [0.2, 0.25) is 0 Å². The highest BCUT2D eigenvalue weighted by atomic mass is 19.1. The van der Waals surface area contributed by atoms with E-state index in [1.54, 1.807) is 40.1 Å². The number of amidine groups is 1. The Morgan fingerprint density at radius 3 is 2.81 bits per heavy atom. The molecule has 0 spiro atoms. The van der Waals surface area contributed by atoms with E-state index in [9.17, 15) is 4.39 Å². The van der Waals surface area contributed by atoms with Gasteiger partial charge < -0.3 is 16.4 Å². The van der Waals surface area contributed by atoms with Gasteiger partial charge in [-0.2, -0.15) is 5.10 Å². The molecule has 1 aliphatic heterocycles. The Hall–Kier alpha value is -3.26. The van der Waals surface area contributed by atoms with Crippen LogP contribution in [0, 0.1) is 5.82 Å². The number of nitrogens with two attached hydrogens (primary N) is 2. The Morgan fingerprint density at radius 2 is 2.00 bits per heavy atom. The highest BCUT2D eigenvalue weighted by molar-refractivity contribution is 6.07. The molecule has 0 amide bonds. The van der Waals surface area contributed by atoms with Gasteiger partial charge in [0.15, 0.2) is 11.5 Å². The Bertz CT molecular complexity index is 1040. The fourth-order valence-electron chi connectivity index (χ4n) is 2.96. The number of likely N-dealkylation sites (N-methyl/N-ethyl adjacent to an activating group) is 1. The van der Waals surface area contributed by atoms with Crippen LogP contribution in [0.5, 0.6) is 0 Å². The monoisotopic (exact) mass is 351 g/mol. The SMILES string of the molecule is CN1C(c2nn(Cc3ccccc3F)c3ncccc23)=NC(N)=CC1N. The van der Waals surface area contributed by atoms with Crippen LogP contribution < -0.4 is 11.5 Å². The lowest BCUT2D eigenvalue weighted by atomic mass is 10.2. The van der Waals surface area contributed by atoms with E-state index in [0.717, 1.165) is 5.39 Å². The van der Waals surface area contributed by atoms with Crippen LogP contribution in [-0.4, -0.2) is 38.7 Å². The first-order chi connectivity index (χ1) is 12.5. The molecule has 1 aromatic carbocycles. The number of hydrogen-bond donors (Lipinski definition) is 2.